The van der Waals surface area contributed by atoms with Crippen molar-refractivity contribution in [3.8, 4) is 22.3 Å². The van der Waals surface area contributed by atoms with Crippen LogP contribution < -0.4 is 43.8 Å². The van der Waals surface area contributed by atoms with Crippen molar-refractivity contribution in [2.45, 2.75) is 188 Å². The van der Waals surface area contributed by atoms with Gasteiger partial charge in [-0.25, -0.2) is 22.4 Å². The fourth-order valence-electron chi connectivity index (χ4n) is 13.6. The zero-order valence-electron chi connectivity index (χ0n) is 66.7. The molecule has 0 aliphatic rings. The van der Waals surface area contributed by atoms with Crippen LogP contribution in [0.25, 0.3) is 22.3 Å². The molecule has 618 valence electrons. The monoisotopic (exact) mass is 1580 g/mol. The number of unbranched alkanes of at least 4 members (excludes halogenated alkanes) is 2. The lowest BCUT2D eigenvalue weighted by atomic mass is 9.82. The van der Waals surface area contributed by atoms with Gasteiger partial charge in [0, 0.05) is 119 Å². The Balaban J connectivity index is 0.000000361. The molecule has 7 rings (SSSR count). The Hall–Kier alpha value is -10.4. The van der Waals surface area contributed by atoms with Crippen molar-refractivity contribution in [1.29, 1.82) is 0 Å². The van der Waals surface area contributed by atoms with Crippen LogP contribution in [0.1, 0.15) is 173 Å². The van der Waals surface area contributed by atoms with Crippen LogP contribution in [0.2, 0.25) is 0 Å². The molecule has 2 aromatic heterocycles. The number of alkyl carbamates (subject to hydrolysis) is 1. The summed E-state index contributed by atoms with van der Waals surface area (Å²) in [5.41, 5.74) is 21.8. The van der Waals surface area contributed by atoms with E-state index in [0.29, 0.717) is 87.2 Å². The molecule has 0 saturated heterocycles. The number of aromatic nitrogens is 2. The minimum absolute atomic E-state index is 0.00970. The lowest BCUT2D eigenvalue weighted by Crippen LogP contribution is -2.47. The highest BCUT2D eigenvalue weighted by atomic mass is 19.1. The lowest BCUT2D eigenvalue weighted by Gasteiger charge is -2.41. The first kappa shape index (κ1) is 92.5. The maximum Gasteiger partial charge on any atom is 0.407 e. The average Bonchev–Trinajstić information content (AvgIpc) is 1.63. The van der Waals surface area contributed by atoms with E-state index in [1.807, 2.05) is 142 Å². The van der Waals surface area contributed by atoms with Gasteiger partial charge >= 0.3 is 6.09 Å². The summed E-state index contributed by atoms with van der Waals surface area (Å²) < 4.78 is 67.7. The standard InChI is InChI=1S/C47H60F2N6O7.C39H54F2N6O5/c1-32(57)53-40(18-11-12-23-52-46(61)62-31-34-16-9-6-10-17-34)42(58)19-13-24-51-45(60)39(50)22-25-55(43(59)30-56)44(47(2,3)4)41-26-35(37-27-36(48)20-21-38(37)49)29-54(41)28-33-14-7-5-8-15-33;1-26(49)45-33(13-8-9-18-42)35(50)14-10-19-44-38(52)32(43)17-20-47(36(51)25-48)37(39(2,3)4)34-21-28(30-22-29(40)15-16-31(30)41)24-46(34)23-27-11-6-5-7-12-27/h5-10,14-17,20-21,26-27,29,39-40,44,56H,11-13,18-19,22-25,28,30-31,50H2,1-4H3,(H,51,60)(H,52,61)(H,53,57);5-7,11-12,15-16,21-22,24,32-33,37,48H,8-10,13-14,17-20,23,25,42-43H2,1-4H3,(H,44,52)(H,45,49)/t39-,40-,44-;32-,33-,37-/m00/s1. The predicted octanol–water partition coefficient (Wildman–Crippen LogP) is 10.4. The first-order chi connectivity index (χ1) is 54.2. The molecular formula is C86H114F4N12O12. The number of carbonyl (C=O) groups excluding carboxylic acids is 9. The Kier molecular flexibility index (Phi) is 37.4. The minimum Gasteiger partial charge on any atom is -0.445 e. The predicted molar refractivity (Wildman–Crippen MR) is 429 cm³/mol. The SMILES string of the molecule is CC(=O)N[C@@H](CCCCN)C(=O)CCCNC(=O)[C@@H](N)CCN(C(=O)CO)[C@@H](c1cc(-c2cc(F)ccc2F)cn1Cc1ccccc1)C(C)(C)C.CC(=O)N[C@@H](CCCCNC(=O)OCc1ccccc1)C(=O)CCCNC(=O)[C@@H](N)CCN(C(=O)CO)[C@@H](c1cc(-c2cc(F)ccc2F)cn1Cc1ccccc1)C(C)(C)C. The zero-order valence-corrected chi connectivity index (χ0v) is 66.7. The second kappa shape index (κ2) is 46.1. The van der Waals surface area contributed by atoms with E-state index in [9.17, 15) is 62.1 Å². The maximum absolute atomic E-state index is 15.1. The van der Waals surface area contributed by atoms with Crippen LogP contribution in [-0.2, 0) is 62.8 Å². The molecule has 0 spiro atoms. The Bertz CT molecular complexity index is 4270. The van der Waals surface area contributed by atoms with Crippen molar-refractivity contribution >= 4 is 53.1 Å². The van der Waals surface area contributed by atoms with E-state index in [0.717, 1.165) is 59.5 Å². The number of Topliss-reactive ketones (excluding diaryl/α,β-unsaturated/α-hetero) is 2. The molecule has 0 radical (unpaired) electrons. The summed E-state index contributed by atoms with van der Waals surface area (Å²) >= 11 is 0. The van der Waals surface area contributed by atoms with Gasteiger partial charge in [-0.1, -0.05) is 133 Å². The zero-order chi connectivity index (χ0) is 83.7. The number of nitrogens with zero attached hydrogens (tertiary/aromatic N) is 4. The number of amides is 7. The molecule has 114 heavy (non-hydrogen) atoms. The summed E-state index contributed by atoms with van der Waals surface area (Å²) in [7, 11) is 0. The quantitative estimate of drug-likeness (QED) is 0.0125. The Morgan fingerprint density at radius 1 is 0.482 bits per heavy atom. The largest absolute Gasteiger partial charge is 0.445 e. The summed E-state index contributed by atoms with van der Waals surface area (Å²) in [4.78, 5) is 117. The third-order valence-electron chi connectivity index (χ3n) is 19.2. The van der Waals surface area contributed by atoms with Crippen LogP contribution in [0.5, 0.6) is 0 Å². The van der Waals surface area contributed by atoms with Crippen molar-refractivity contribution in [3.05, 3.63) is 203 Å². The highest BCUT2D eigenvalue weighted by Gasteiger charge is 2.40. The van der Waals surface area contributed by atoms with Crippen molar-refractivity contribution in [3.63, 3.8) is 0 Å². The number of ketones is 2. The molecule has 0 bridgehead atoms. The maximum atomic E-state index is 15.1. The number of nitrogens with two attached hydrogens (primary N) is 3. The molecule has 6 atom stereocenters. The fraction of sp³-hybridized carbons (Fsp3) is 0.453. The number of hydrogen-bond acceptors (Lipinski definition) is 15. The molecule has 0 unspecified atom stereocenters. The molecule has 7 amide bonds. The second-order valence-electron chi connectivity index (χ2n) is 30.6. The van der Waals surface area contributed by atoms with Crippen molar-refractivity contribution in [2.75, 3.05) is 52.5 Å². The summed E-state index contributed by atoms with van der Waals surface area (Å²) in [5.74, 6) is -5.52. The first-order valence-electron chi connectivity index (χ1n) is 38.7. The molecule has 7 aromatic rings. The first-order valence-corrected chi connectivity index (χ1v) is 38.7. The van der Waals surface area contributed by atoms with Gasteiger partial charge in [-0.3, -0.25) is 38.4 Å². The van der Waals surface area contributed by atoms with Crippen LogP contribution in [-0.4, -0.2) is 159 Å². The van der Waals surface area contributed by atoms with E-state index in [-0.39, 0.29) is 99.4 Å². The third-order valence-corrected chi connectivity index (χ3v) is 19.2. The lowest BCUT2D eigenvalue weighted by molar-refractivity contribution is -0.140. The van der Waals surface area contributed by atoms with Crippen molar-refractivity contribution in [1.82, 2.24) is 45.5 Å². The van der Waals surface area contributed by atoms with Gasteiger partial charge in [-0.2, -0.15) is 0 Å². The number of aliphatic hydroxyl groups is 2. The molecule has 24 nitrogen and oxygen atoms in total. The molecular weight excluding hydrogens is 1470 g/mol. The smallest absolute Gasteiger partial charge is 0.407 e. The topological polar surface area (TPSA) is 358 Å². The second-order valence-corrected chi connectivity index (χ2v) is 30.6. The molecule has 13 N–H and O–H groups in total. The Morgan fingerprint density at radius 3 is 1.23 bits per heavy atom. The molecule has 0 aliphatic carbocycles. The van der Waals surface area contributed by atoms with E-state index in [4.69, 9.17) is 21.9 Å². The van der Waals surface area contributed by atoms with Gasteiger partial charge in [0.15, 0.2) is 11.6 Å². The normalized spacial score (nSPS) is 13.0. The summed E-state index contributed by atoms with van der Waals surface area (Å²) in [5, 5.41) is 33.8. The number of rotatable bonds is 43. The van der Waals surface area contributed by atoms with Crippen LogP contribution in [0.15, 0.2) is 152 Å². The number of hydrogen-bond donors (Lipinski definition) is 10. The van der Waals surface area contributed by atoms with Crippen LogP contribution >= 0.6 is 0 Å². The van der Waals surface area contributed by atoms with Gasteiger partial charge in [-0.15, -0.1) is 0 Å². The van der Waals surface area contributed by atoms with Crippen LogP contribution in [0.4, 0.5) is 22.4 Å². The highest BCUT2D eigenvalue weighted by molar-refractivity contribution is 5.89. The Morgan fingerprint density at radius 2 is 0.860 bits per heavy atom. The number of benzene rings is 5. The molecule has 2 heterocycles. The molecule has 28 heteroatoms. The number of nitrogens with one attached hydrogen (secondary N) is 5. The third kappa shape index (κ3) is 29.9. The number of halogens is 4. The molecule has 5 aromatic carbocycles. The van der Waals surface area contributed by atoms with Gasteiger partial charge < -0.3 is 77.7 Å². The fourth-order valence-corrected chi connectivity index (χ4v) is 13.6. The van der Waals surface area contributed by atoms with Gasteiger partial charge in [0.1, 0.15) is 43.1 Å². The van der Waals surface area contributed by atoms with Crippen LogP contribution in [0, 0.1) is 34.1 Å². The molecule has 0 fully saturated rings. The summed E-state index contributed by atoms with van der Waals surface area (Å²) in [6, 6.07) is 33.5. The Labute approximate surface area is 665 Å². The van der Waals surface area contributed by atoms with Crippen molar-refractivity contribution < 1.29 is 75.7 Å². The van der Waals surface area contributed by atoms with E-state index >= 15 is 8.78 Å². The molecule has 0 aliphatic heterocycles. The van der Waals surface area contributed by atoms with Gasteiger partial charge in [-0.05, 0) is 147 Å². The number of aliphatic hydroxyl groups excluding tert-OH is 2. The summed E-state index contributed by atoms with van der Waals surface area (Å²) in [6.45, 7) is 14.7. The van der Waals surface area contributed by atoms with Crippen molar-refractivity contribution in [2.24, 2.45) is 28.0 Å². The molecule has 0 saturated carbocycles. The highest BCUT2D eigenvalue weighted by Crippen LogP contribution is 2.43. The number of ether oxygens (including phenoxy) is 1. The van der Waals surface area contributed by atoms with Crippen LogP contribution in [0.3, 0.4) is 0 Å². The minimum atomic E-state index is -1.05. The summed E-state index contributed by atoms with van der Waals surface area (Å²) in [6.07, 6.45) is 7.27. The van der Waals surface area contributed by atoms with E-state index in [2.05, 4.69) is 26.6 Å². The van der Waals surface area contributed by atoms with Gasteiger partial charge in [0.25, 0.3) is 0 Å². The van der Waals surface area contributed by atoms with E-state index < -0.39 is 113 Å². The van der Waals surface area contributed by atoms with E-state index in [1.165, 1.54) is 23.6 Å². The average molecular weight is 1580 g/mol. The van der Waals surface area contributed by atoms with E-state index in [1.54, 1.807) is 24.5 Å². The number of carbonyl (C=O) groups is 9. The van der Waals surface area contributed by atoms with Gasteiger partial charge in [0.05, 0.1) is 36.3 Å². The van der Waals surface area contributed by atoms with Gasteiger partial charge in [0.2, 0.25) is 35.4 Å².